The van der Waals surface area contributed by atoms with Crippen LogP contribution in [0.2, 0.25) is 5.02 Å². The van der Waals surface area contributed by atoms with Gasteiger partial charge in [0.05, 0.1) is 12.6 Å². The second-order valence-electron chi connectivity index (χ2n) is 6.90. The minimum Gasteiger partial charge on any atom is -0.365 e. The molecule has 0 bridgehead atoms. The first-order valence-electron chi connectivity index (χ1n) is 8.99. The Labute approximate surface area is 164 Å². The smallest absolute Gasteiger partial charge is 0.253 e. The molecule has 1 aliphatic rings. The summed E-state index contributed by atoms with van der Waals surface area (Å²) in [7, 11) is 0. The van der Waals surface area contributed by atoms with Gasteiger partial charge in [0.2, 0.25) is 0 Å². The molecule has 1 N–H and O–H groups in total. The number of rotatable bonds is 5. The predicted octanol–water partition coefficient (Wildman–Crippen LogP) is 3.63. The quantitative estimate of drug-likeness (QED) is 0.853. The van der Waals surface area contributed by atoms with Crippen LogP contribution in [0.4, 0.5) is 5.69 Å². The summed E-state index contributed by atoms with van der Waals surface area (Å²) in [5, 5.41) is 3.46. The lowest BCUT2D eigenvalue weighted by molar-refractivity contribution is -0.129. The average molecular weight is 387 g/mol. The van der Waals surface area contributed by atoms with E-state index in [0.29, 0.717) is 29.6 Å². The Morgan fingerprint density at radius 1 is 1.26 bits per heavy atom. The Morgan fingerprint density at radius 3 is 2.67 bits per heavy atom. The summed E-state index contributed by atoms with van der Waals surface area (Å²) >= 11 is 6.02. The van der Waals surface area contributed by atoms with Crippen molar-refractivity contribution in [1.29, 1.82) is 0 Å². The first-order chi connectivity index (χ1) is 12.9. The molecule has 1 atom stereocenters. The van der Waals surface area contributed by atoms with Gasteiger partial charge in [-0.05, 0) is 41.8 Å². The number of morpholine rings is 1. The van der Waals surface area contributed by atoms with Crippen LogP contribution >= 0.6 is 11.6 Å². The molecule has 6 heteroatoms. The molecule has 0 aromatic heterocycles. The Morgan fingerprint density at radius 2 is 2.00 bits per heavy atom. The van der Waals surface area contributed by atoms with E-state index in [4.69, 9.17) is 16.3 Å². The van der Waals surface area contributed by atoms with Crippen molar-refractivity contribution in [3.05, 3.63) is 64.7 Å². The van der Waals surface area contributed by atoms with Gasteiger partial charge in [0.15, 0.2) is 0 Å². The fourth-order valence-electron chi connectivity index (χ4n) is 2.97. The fraction of sp³-hybridized carbons (Fsp3) is 0.333. The molecule has 27 heavy (non-hydrogen) atoms. The second-order valence-corrected chi connectivity index (χ2v) is 7.34. The maximum atomic E-state index is 12.4. The third-order valence-electron chi connectivity index (χ3n) is 4.58. The highest BCUT2D eigenvalue weighted by molar-refractivity contribution is 6.30. The van der Waals surface area contributed by atoms with Crippen molar-refractivity contribution in [2.45, 2.75) is 25.9 Å². The number of halogens is 1. The zero-order valence-electron chi connectivity index (χ0n) is 15.4. The lowest BCUT2D eigenvalue weighted by atomic mass is 10.0. The second kappa shape index (κ2) is 8.55. The highest BCUT2D eigenvalue weighted by Crippen LogP contribution is 2.22. The van der Waals surface area contributed by atoms with E-state index in [0.717, 1.165) is 5.69 Å². The van der Waals surface area contributed by atoms with Crippen LogP contribution in [0, 0.1) is 0 Å². The summed E-state index contributed by atoms with van der Waals surface area (Å²) in [5.74, 6) is 0.150. The lowest BCUT2D eigenvalue weighted by Gasteiger charge is -2.33. The number of carbonyl (C=O) groups is 2. The highest BCUT2D eigenvalue weighted by Gasteiger charge is 2.27. The Kier molecular flexibility index (Phi) is 6.14. The molecule has 1 unspecified atom stereocenters. The molecule has 1 fully saturated rings. The van der Waals surface area contributed by atoms with Gasteiger partial charge in [0.25, 0.3) is 11.8 Å². The number of benzene rings is 2. The van der Waals surface area contributed by atoms with Crippen molar-refractivity contribution in [3.63, 3.8) is 0 Å². The Hall–Kier alpha value is -2.37. The summed E-state index contributed by atoms with van der Waals surface area (Å²) in [6, 6.07) is 14.7. The van der Waals surface area contributed by atoms with E-state index >= 15 is 0 Å². The minimum atomic E-state index is -0.277. The molecule has 0 radical (unpaired) electrons. The molecule has 0 aliphatic carbocycles. The molecule has 5 nitrogen and oxygen atoms in total. The van der Waals surface area contributed by atoms with E-state index in [1.165, 1.54) is 5.56 Å². The van der Waals surface area contributed by atoms with Crippen LogP contribution in [0.5, 0.6) is 0 Å². The first kappa shape index (κ1) is 19.4. The minimum absolute atomic E-state index is 0.0177. The van der Waals surface area contributed by atoms with E-state index < -0.39 is 0 Å². The van der Waals surface area contributed by atoms with Gasteiger partial charge in [-0.1, -0.05) is 43.6 Å². The summed E-state index contributed by atoms with van der Waals surface area (Å²) in [4.78, 5) is 26.2. The van der Waals surface area contributed by atoms with Crippen molar-refractivity contribution < 1.29 is 14.3 Å². The van der Waals surface area contributed by atoms with Crippen molar-refractivity contribution in [1.82, 2.24) is 5.32 Å². The summed E-state index contributed by atoms with van der Waals surface area (Å²) < 4.78 is 5.57. The van der Waals surface area contributed by atoms with Crippen LogP contribution in [0.25, 0.3) is 0 Å². The van der Waals surface area contributed by atoms with Crippen LogP contribution in [-0.4, -0.2) is 37.6 Å². The molecule has 3 rings (SSSR count). The average Bonchev–Trinajstić information content (AvgIpc) is 2.67. The molecular weight excluding hydrogens is 364 g/mol. The number of hydrogen-bond donors (Lipinski definition) is 1. The van der Waals surface area contributed by atoms with Crippen LogP contribution in [-0.2, 0) is 9.53 Å². The Bertz CT molecular complexity index is 820. The molecule has 0 saturated carbocycles. The highest BCUT2D eigenvalue weighted by atomic mass is 35.5. The predicted molar refractivity (Wildman–Crippen MR) is 106 cm³/mol. The van der Waals surface area contributed by atoms with Crippen molar-refractivity contribution in [3.8, 4) is 0 Å². The van der Waals surface area contributed by atoms with Gasteiger partial charge in [0.1, 0.15) is 6.61 Å². The number of carbonyl (C=O) groups excluding carboxylic acids is 2. The van der Waals surface area contributed by atoms with E-state index in [1.54, 1.807) is 23.1 Å². The van der Waals surface area contributed by atoms with Crippen molar-refractivity contribution in [2.75, 3.05) is 24.6 Å². The molecule has 1 heterocycles. The normalized spacial score (nSPS) is 17.3. The number of nitrogens with one attached hydrogen (secondary N) is 1. The number of hydrogen-bond acceptors (Lipinski definition) is 3. The van der Waals surface area contributed by atoms with E-state index in [1.807, 2.05) is 30.3 Å². The zero-order chi connectivity index (χ0) is 19.4. The topological polar surface area (TPSA) is 58.6 Å². The molecule has 2 aromatic carbocycles. The molecular formula is C21H23ClN2O3. The largest absolute Gasteiger partial charge is 0.365 e. The van der Waals surface area contributed by atoms with E-state index in [2.05, 4.69) is 19.2 Å². The van der Waals surface area contributed by atoms with Gasteiger partial charge in [-0.15, -0.1) is 0 Å². The van der Waals surface area contributed by atoms with Gasteiger partial charge in [-0.3, -0.25) is 9.59 Å². The molecule has 142 valence electrons. The third kappa shape index (κ3) is 4.87. The van der Waals surface area contributed by atoms with E-state index in [9.17, 15) is 9.59 Å². The maximum absolute atomic E-state index is 12.4. The Balaban J connectivity index is 1.59. The standard InChI is InChI=1S/C21H23ClN2O3/c1-14(2)15-6-8-16(9-7-15)21(26)23-11-19-12-24(20(25)13-27-19)18-5-3-4-17(22)10-18/h3-10,14,19H,11-13H2,1-2H3,(H,23,26). The SMILES string of the molecule is CC(C)c1ccc(C(=O)NCC2CN(c3cccc(Cl)c3)C(=O)CO2)cc1. The number of nitrogens with zero attached hydrogens (tertiary/aromatic N) is 1. The number of anilines is 1. The molecule has 2 amide bonds. The van der Waals surface area contributed by atoms with E-state index in [-0.39, 0.29) is 24.5 Å². The van der Waals surface area contributed by atoms with Crippen LogP contribution in [0.15, 0.2) is 48.5 Å². The monoisotopic (exact) mass is 386 g/mol. The van der Waals surface area contributed by atoms with Gasteiger partial charge < -0.3 is 15.0 Å². The molecule has 2 aromatic rings. The van der Waals surface area contributed by atoms with Gasteiger partial charge in [-0.2, -0.15) is 0 Å². The zero-order valence-corrected chi connectivity index (χ0v) is 16.2. The summed E-state index contributed by atoms with van der Waals surface area (Å²) in [6.45, 7) is 4.90. The third-order valence-corrected chi connectivity index (χ3v) is 4.81. The number of amides is 2. The van der Waals surface area contributed by atoms with Crippen LogP contribution in [0.1, 0.15) is 35.7 Å². The molecule has 1 saturated heterocycles. The summed E-state index contributed by atoms with van der Waals surface area (Å²) in [6.07, 6.45) is -0.277. The number of ether oxygens (including phenoxy) is 1. The molecule has 1 aliphatic heterocycles. The maximum Gasteiger partial charge on any atom is 0.253 e. The van der Waals surface area contributed by atoms with Gasteiger partial charge in [0, 0.05) is 22.8 Å². The van der Waals surface area contributed by atoms with Gasteiger partial charge >= 0.3 is 0 Å². The lowest BCUT2D eigenvalue weighted by Crippen LogP contribution is -2.50. The van der Waals surface area contributed by atoms with Gasteiger partial charge in [-0.25, -0.2) is 0 Å². The van der Waals surface area contributed by atoms with Crippen molar-refractivity contribution in [2.24, 2.45) is 0 Å². The van der Waals surface area contributed by atoms with Crippen molar-refractivity contribution >= 4 is 29.1 Å². The van der Waals surface area contributed by atoms with Crippen LogP contribution in [0.3, 0.4) is 0 Å². The fourth-order valence-corrected chi connectivity index (χ4v) is 3.15. The van der Waals surface area contributed by atoms with Crippen LogP contribution < -0.4 is 10.2 Å². The first-order valence-corrected chi connectivity index (χ1v) is 9.37. The summed E-state index contributed by atoms with van der Waals surface area (Å²) in [5.41, 5.74) is 2.53. The molecule has 0 spiro atoms.